The molecule has 0 spiro atoms. The molecule has 0 amide bonds. The van der Waals surface area contributed by atoms with Crippen LogP contribution in [0.3, 0.4) is 0 Å². The Morgan fingerprint density at radius 3 is 2.37 bits per heavy atom. The van der Waals surface area contributed by atoms with Crippen LogP contribution in [0.1, 0.15) is 56.3 Å². The third kappa shape index (κ3) is 4.86. The summed E-state index contributed by atoms with van der Waals surface area (Å²) in [6.45, 7) is 8.10. The largest absolute Gasteiger partial charge is 0.463 e. The number of fused-ring (bicyclic) bond motifs is 1. The van der Waals surface area contributed by atoms with Crippen molar-refractivity contribution >= 4 is 29.1 Å². The molecule has 4 rings (SSSR count). The monoisotopic (exact) mass is 489 g/mol. The van der Waals surface area contributed by atoms with Crippen molar-refractivity contribution in [3.05, 3.63) is 96.2 Å². The minimum Gasteiger partial charge on any atom is -0.463 e. The Labute approximate surface area is 209 Å². The highest BCUT2D eigenvalue weighted by Gasteiger charge is 2.33. The summed E-state index contributed by atoms with van der Waals surface area (Å²) in [5.41, 5.74) is 4.87. The number of nitrogens with zero attached hydrogens (tertiary/aromatic N) is 3. The van der Waals surface area contributed by atoms with Crippen molar-refractivity contribution in [3.8, 4) is 0 Å². The summed E-state index contributed by atoms with van der Waals surface area (Å²) in [6, 6.07) is 15.5. The second kappa shape index (κ2) is 10.0. The van der Waals surface area contributed by atoms with Gasteiger partial charge in [0.2, 0.25) is 0 Å². The number of benzene rings is 2. The lowest BCUT2D eigenvalue weighted by Gasteiger charge is -2.25. The molecule has 6 nitrogen and oxygen atoms in total. The van der Waals surface area contributed by atoms with Crippen molar-refractivity contribution in [2.75, 3.05) is 25.6 Å². The van der Waals surface area contributed by atoms with E-state index < -0.39 is 12.0 Å². The minimum atomic E-state index is -0.593. The Bertz CT molecular complexity index is 1440. The van der Waals surface area contributed by atoms with Gasteiger partial charge in [0.25, 0.3) is 5.56 Å². The third-order valence-electron chi connectivity index (χ3n) is 6.14. The van der Waals surface area contributed by atoms with E-state index in [-0.39, 0.29) is 12.2 Å². The van der Waals surface area contributed by atoms with Crippen LogP contribution in [0.2, 0.25) is 0 Å². The summed E-state index contributed by atoms with van der Waals surface area (Å²) in [5.74, 6) is -0.0630. The average molecular weight is 490 g/mol. The van der Waals surface area contributed by atoms with Gasteiger partial charge >= 0.3 is 5.97 Å². The predicted molar refractivity (Wildman–Crippen MR) is 142 cm³/mol. The van der Waals surface area contributed by atoms with Crippen LogP contribution in [0.5, 0.6) is 0 Å². The Kier molecular flexibility index (Phi) is 7.08. The Balaban J connectivity index is 1.88. The van der Waals surface area contributed by atoms with Gasteiger partial charge in [-0.05, 0) is 54.7 Å². The fraction of sp³-hybridized carbons (Fsp3) is 0.321. The van der Waals surface area contributed by atoms with Crippen LogP contribution in [0.25, 0.3) is 6.08 Å². The van der Waals surface area contributed by atoms with Crippen molar-refractivity contribution in [2.24, 2.45) is 4.99 Å². The lowest BCUT2D eigenvalue weighted by atomic mass is 9.93. The van der Waals surface area contributed by atoms with E-state index in [2.05, 4.69) is 31.0 Å². The molecule has 1 unspecified atom stereocenters. The quantitative estimate of drug-likeness (QED) is 0.491. The molecule has 3 aromatic rings. The Morgan fingerprint density at radius 1 is 1.14 bits per heavy atom. The fourth-order valence-electron chi connectivity index (χ4n) is 4.19. The molecule has 0 aliphatic carbocycles. The molecular formula is C28H31N3O3S. The fourth-order valence-corrected chi connectivity index (χ4v) is 5.24. The summed E-state index contributed by atoms with van der Waals surface area (Å²) in [7, 11) is 3.98. The first-order valence-electron chi connectivity index (χ1n) is 11.8. The number of carbonyl (C=O) groups is 1. The van der Waals surface area contributed by atoms with Gasteiger partial charge in [-0.2, -0.15) is 0 Å². The Hall–Kier alpha value is -3.45. The third-order valence-corrected chi connectivity index (χ3v) is 7.13. The zero-order valence-corrected chi connectivity index (χ0v) is 21.8. The standard InChI is InChI=1S/C28H31N3O3S/c1-7-34-27(33)24-18(4)29-28-31(25(24)21-12-10-20(11-13-21)17(2)3)26(32)23(35-28)16-19-8-14-22(15-9-19)30(5)6/h8-17,25H,7H2,1-6H3/b23-16-. The normalized spacial score (nSPS) is 15.7. The summed E-state index contributed by atoms with van der Waals surface area (Å²) in [4.78, 5) is 33.9. The van der Waals surface area contributed by atoms with Crippen LogP contribution in [-0.2, 0) is 9.53 Å². The van der Waals surface area contributed by atoms with Crippen molar-refractivity contribution in [2.45, 2.75) is 39.7 Å². The lowest BCUT2D eigenvalue weighted by Crippen LogP contribution is -2.39. The van der Waals surface area contributed by atoms with Crippen molar-refractivity contribution in [1.29, 1.82) is 0 Å². The molecule has 0 fully saturated rings. The van der Waals surface area contributed by atoms with Gasteiger partial charge in [-0.1, -0.05) is 61.6 Å². The molecule has 0 radical (unpaired) electrons. The van der Waals surface area contributed by atoms with E-state index in [0.29, 0.717) is 26.5 Å². The van der Waals surface area contributed by atoms with Gasteiger partial charge in [-0.15, -0.1) is 0 Å². The second-order valence-corrected chi connectivity index (χ2v) is 10.1. The van der Waals surface area contributed by atoms with E-state index in [1.807, 2.05) is 61.5 Å². The van der Waals surface area contributed by atoms with E-state index in [1.165, 1.54) is 16.9 Å². The molecule has 1 atom stereocenters. The predicted octanol–water partition coefficient (Wildman–Crippen LogP) is 3.99. The molecule has 35 heavy (non-hydrogen) atoms. The lowest BCUT2D eigenvalue weighted by molar-refractivity contribution is -0.139. The number of esters is 1. The Morgan fingerprint density at radius 2 is 1.80 bits per heavy atom. The van der Waals surface area contributed by atoms with Gasteiger partial charge in [0.1, 0.15) is 0 Å². The second-order valence-electron chi connectivity index (χ2n) is 9.11. The van der Waals surface area contributed by atoms with Gasteiger partial charge in [0, 0.05) is 19.8 Å². The first-order chi connectivity index (χ1) is 16.7. The van der Waals surface area contributed by atoms with Crippen LogP contribution >= 0.6 is 11.3 Å². The maximum Gasteiger partial charge on any atom is 0.338 e. The zero-order valence-electron chi connectivity index (χ0n) is 21.0. The molecule has 0 bridgehead atoms. The number of ether oxygens (including phenoxy) is 1. The summed E-state index contributed by atoms with van der Waals surface area (Å²) in [5, 5.41) is 0. The molecule has 1 aromatic heterocycles. The zero-order chi connectivity index (χ0) is 25.3. The molecule has 182 valence electrons. The highest BCUT2D eigenvalue weighted by Crippen LogP contribution is 2.31. The van der Waals surface area contributed by atoms with Crippen LogP contribution in [0.15, 0.2) is 69.6 Å². The number of rotatable bonds is 6. The number of anilines is 1. The smallest absolute Gasteiger partial charge is 0.338 e. The van der Waals surface area contributed by atoms with E-state index >= 15 is 0 Å². The molecule has 2 aromatic carbocycles. The van der Waals surface area contributed by atoms with Crippen molar-refractivity contribution in [1.82, 2.24) is 4.57 Å². The van der Waals surface area contributed by atoms with Gasteiger partial charge in [0.05, 0.1) is 28.5 Å². The number of allylic oxidation sites excluding steroid dienone is 1. The summed E-state index contributed by atoms with van der Waals surface area (Å²) in [6.07, 6.45) is 1.88. The summed E-state index contributed by atoms with van der Waals surface area (Å²) < 4.78 is 7.58. The highest BCUT2D eigenvalue weighted by molar-refractivity contribution is 7.07. The number of carbonyl (C=O) groups excluding carboxylic acids is 1. The summed E-state index contributed by atoms with van der Waals surface area (Å²) >= 11 is 1.34. The average Bonchev–Trinajstić information content (AvgIpc) is 3.13. The van der Waals surface area contributed by atoms with Gasteiger partial charge < -0.3 is 9.64 Å². The molecule has 0 saturated heterocycles. The van der Waals surface area contributed by atoms with Crippen LogP contribution in [0, 0.1) is 0 Å². The van der Waals surface area contributed by atoms with Gasteiger partial charge in [0.15, 0.2) is 4.80 Å². The van der Waals surface area contributed by atoms with Crippen LogP contribution in [0.4, 0.5) is 5.69 Å². The molecule has 1 aliphatic rings. The minimum absolute atomic E-state index is 0.169. The SMILES string of the molecule is CCOC(=O)C1=C(C)N=c2s/c(=C\c3ccc(N(C)C)cc3)c(=O)n2C1c1ccc(C(C)C)cc1. The van der Waals surface area contributed by atoms with E-state index in [9.17, 15) is 9.59 Å². The van der Waals surface area contributed by atoms with Crippen molar-refractivity contribution in [3.63, 3.8) is 0 Å². The molecule has 0 saturated carbocycles. The topological polar surface area (TPSA) is 63.9 Å². The van der Waals surface area contributed by atoms with Gasteiger partial charge in [-0.25, -0.2) is 9.79 Å². The van der Waals surface area contributed by atoms with Crippen LogP contribution < -0.4 is 19.8 Å². The van der Waals surface area contributed by atoms with Gasteiger partial charge in [-0.3, -0.25) is 9.36 Å². The van der Waals surface area contributed by atoms with Crippen LogP contribution in [-0.4, -0.2) is 31.2 Å². The van der Waals surface area contributed by atoms with E-state index in [4.69, 9.17) is 4.74 Å². The maximum atomic E-state index is 13.7. The number of aromatic nitrogens is 1. The molecule has 2 heterocycles. The molecular weight excluding hydrogens is 458 g/mol. The van der Waals surface area contributed by atoms with E-state index in [1.54, 1.807) is 18.4 Å². The molecule has 0 N–H and O–H groups in total. The van der Waals surface area contributed by atoms with Crippen molar-refractivity contribution < 1.29 is 9.53 Å². The van der Waals surface area contributed by atoms with E-state index in [0.717, 1.165) is 16.8 Å². The molecule has 7 heteroatoms. The number of hydrogen-bond acceptors (Lipinski definition) is 6. The maximum absolute atomic E-state index is 13.7. The first-order valence-corrected chi connectivity index (χ1v) is 12.6. The highest BCUT2D eigenvalue weighted by atomic mass is 32.1. The number of hydrogen-bond donors (Lipinski definition) is 0. The number of thiazole rings is 1. The first kappa shape index (κ1) is 24.7. The molecule has 1 aliphatic heterocycles.